The van der Waals surface area contributed by atoms with E-state index in [1.165, 1.54) is 18.2 Å². The molecule has 7 heteroatoms. The number of nitro benzene ring substituents is 1. The van der Waals surface area contributed by atoms with Crippen LogP contribution >= 0.6 is 0 Å². The van der Waals surface area contributed by atoms with E-state index in [0.29, 0.717) is 12.2 Å². The van der Waals surface area contributed by atoms with E-state index in [1.54, 1.807) is 19.9 Å². The Bertz CT molecular complexity index is 530. The van der Waals surface area contributed by atoms with Crippen LogP contribution in [-0.2, 0) is 14.3 Å². The van der Waals surface area contributed by atoms with Crippen molar-refractivity contribution in [2.45, 2.75) is 26.2 Å². The molecule has 0 bridgehead atoms. The van der Waals surface area contributed by atoms with Crippen molar-refractivity contribution in [2.75, 3.05) is 13.2 Å². The molecule has 1 N–H and O–H groups in total. The average molecular weight is 294 g/mol. The normalized spacial score (nSPS) is 11.5. The molecule has 0 aliphatic rings. The van der Waals surface area contributed by atoms with Gasteiger partial charge in [-0.05, 0) is 19.4 Å². The van der Waals surface area contributed by atoms with Crippen LogP contribution in [0.1, 0.15) is 31.7 Å². The van der Waals surface area contributed by atoms with Crippen LogP contribution in [0, 0.1) is 10.1 Å². The van der Waals surface area contributed by atoms with E-state index in [1.807, 2.05) is 0 Å². The number of non-ortho nitro benzene ring substituents is 1. The molecule has 1 atom stereocenters. The molecule has 1 unspecified atom stereocenters. The monoisotopic (exact) mass is 294 g/mol. The fourth-order valence-electron chi connectivity index (χ4n) is 1.73. The first kappa shape index (κ1) is 16.6. The van der Waals surface area contributed by atoms with Gasteiger partial charge in [0, 0.05) is 18.7 Å². The summed E-state index contributed by atoms with van der Waals surface area (Å²) in [4.78, 5) is 33.3. The Morgan fingerprint density at radius 3 is 2.76 bits per heavy atom. The van der Waals surface area contributed by atoms with Crippen LogP contribution < -0.4 is 5.32 Å². The molecule has 0 aliphatic heterocycles. The maximum atomic E-state index is 11.9. The number of carbonyl (C=O) groups is 2. The first-order valence-electron chi connectivity index (χ1n) is 6.63. The molecule has 21 heavy (non-hydrogen) atoms. The van der Waals surface area contributed by atoms with Crippen LogP contribution in [0.25, 0.3) is 0 Å². The standard InChI is InChI=1S/C14H18N2O5/c1-3-21-13(17)7-8-15-14(18)10(2)11-5-4-6-12(9-11)16(19)20/h4-6,9-10H,3,7-8H2,1-2H3,(H,15,18). The summed E-state index contributed by atoms with van der Waals surface area (Å²) in [5.41, 5.74) is 0.497. The van der Waals surface area contributed by atoms with E-state index in [-0.39, 0.29) is 30.5 Å². The predicted molar refractivity (Wildman–Crippen MR) is 75.8 cm³/mol. The number of nitro groups is 1. The van der Waals surface area contributed by atoms with Crippen LogP contribution in [-0.4, -0.2) is 30.0 Å². The number of benzene rings is 1. The lowest BCUT2D eigenvalue weighted by atomic mass is 10.00. The molecular formula is C14H18N2O5. The second-order valence-electron chi connectivity index (χ2n) is 4.42. The van der Waals surface area contributed by atoms with E-state index in [2.05, 4.69) is 5.32 Å². The first-order valence-corrected chi connectivity index (χ1v) is 6.63. The molecule has 1 aromatic rings. The molecule has 0 saturated carbocycles. The molecule has 114 valence electrons. The van der Waals surface area contributed by atoms with Crippen molar-refractivity contribution in [1.82, 2.24) is 5.32 Å². The summed E-state index contributed by atoms with van der Waals surface area (Å²) in [6.45, 7) is 3.84. The smallest absolute Gasteiger partial charge is 0.307 e. The molecule has 1 amide bonds. The number of rotatable bonds is 7. The van der Waals surface area contributed by atoms with Crippen molar-refractivity contribution < 1.29 is 19.2 Å². The Morgan fingerprint density at radius 1 is 1.43 bits per heavy atom. The Balaban J connectivity index is 2.56. The number of carbonyl (C=O) groups excluding carboxylic acids is 2. The zero-order valence-corrected chi connectivity index (χ0v) is 12.0. The lowest BCUT2D eigenvalue weighted by Gasteiger charge is -2.12. The highest BCUT2D eigenvalue weighted by molar-refractivity contribution is 5.83. The van der Waals surface area contributed by atoms with Crippen LogP contribution in [0.4, 0.5) is 5.69 Å². The van der Waals surface area contributed by atoms with E-state index in [4.69, 9.17) is 4.74 Å². The van der Waals surface area contributed by atoms with E-state index >= 15 is 0 Å². The Morgan fingerprint density at radius 2 is 2.14 bits per heavy atom. The van der Waals surface area contributed by atoms with Gasteiger partial charge < -0.3 is 10.1 Å². The molecule has 0 spiro atoms. The van der Waals surface area contributed by atoms with Crippen molar-refractivity contribution in [3.05, 3.63) is 39.9 Å². The molecule has 0 saturated heterocycles. The Hall–Kier alpha value is -2.44. The number of ether oxygens (including phenoxy) is 1. The van der Waals surface area contributed by atoms with Crippen LogP contribution in [0.2, 0.25) is 0 Å². The van der Waals surface area contributed by atoms with Gasteiger partial charge in [0.1, 0.15) is 0 Å². The highest BCUT2D eigenvalue weighted by atomic mass is 16.6. The van der Waals surface area contributed by atoms with Crippen molar-refractivity contribution in [3.63, 3.8) is 0 Å². The van der Waals surface area contributed by atoms with Crippen LogP contribution in [0.15, 0.2) is 24.3 Å². The van der Waals surface area contributed by atoms with E-state index < -0.39 is 10.8 Å². The summed E-state index contributed by atoms with van der Waals surface area (Å²) in [5, 5.41) is 13.3. The molecule has 0 fully saturated rings. The van der Waals surface area contributed by atoms with Gasteiger partial charge in [0.2, 0.25) is 5.91 Å². The van der Waals surface area contributed by atoms with Gasteiger partial charge in [0.05, 0.1) is 23.9 Å². The third-order valence-corrected chi connectivity index (χ3v) is 2.91. The largest absolute Gasteiger partial charge is 0.466 e. The quantitative estimate of drug-likeness (QED) is 0.469. The first-order chi connectivity index (χ1) is 9.95. The van der Waals surface area contributed by atoms with Gasteiger partial charge in [-0.15, -0.1) is 0 Å². The number of nitrogens with one attached hydrogen (secondary N) is 1. The summed E-state index contributed by atoms with van der Waals surface area (Å²) in [6, 6.07) is 5.93. The number of esters is 1. The fourth-order valence-corrected chi connectivity index (χ4v) is 1.73. The lowest BCUT2D eigenvalue weighted by Crippen LogP contribution is -2.30. The minimum atomic E-state index is -0.535. The zero-order chi connectivity index (χ0) is 15.8. The molecule has 0 aliphatic carbocycles. The average Bonchev–Trinajstić information content (AvgIpc) is 2.46. The van der Waals surface area contributed by atoms with Crippen molar-refractivity contribution >= 4 is 17.6 Å². The van der Waals surface area contributed by atoms with Gasteiger partial charge in [-0.2, -0.15) is 0 Å². The second-order valence-corrected chi connectivity index (χ2v) is 4.42. The maximum Gasteiger partial charge on any atom is 0.307 e. The molecule has 0 heterocycles. The summed E-state index contributed by atoms with van der Waals surface area (Å²) < 4.78 is 4.75. The lowest BCUT2D eigenvalue weighted by molar-refractivity contribution is -0.384. The zero-order valence-electron chi connectivity index (χ0n) is 12.0. The molecular weight excluding hydrogens is 276 g/mol. The number of hydrogen-bond donors (Lipinski definition) is 1. The predicted octanol–water partition coefficient (Wildman–Crippen LogP) is 1.77. The van der Waals surface area contributed by atoms with E-state index in [0.717, 1.165) is 0 Å². The van der Waals surface area contributed by atoms with Gasteiger partial charge in [-0.25, -0.2) is 0 Å². The maximum absolute atomic E-state index is 11.9. The van der Waals surface area contributed by atoms with E-state index in [9.17, 15) is 19.7 Å². The van der Waals surface area contributed by atoms with Gasteiger partial charge in [-0.1, -0.05) is 12.1 Å². The van der Waals surface area contributed by atoms with Gasteiger partial charge in [0.15, 0.2) is 0 Å². The second kappa shape index (κ2) is 7.98. The molecule has 0 aromatic heterocycles. The van der Waals surface area contributed by atoms with Crippen LogP contribution in [0.5, 0.6) is 0 Å². The van der Waals surface area contributed by atoms with Gasteiger partial charge in [0.25, 0.3) is 5.69 Å². The number of hydrogen-bond acceptors (Lipinski definition) is 5. The fraction of sp³-hybridized carbons (Fsp3) is 0.429. The molecule has 0 radical (unpaired) electrons. The molecule has 1 rings (SSSR count). The summed E-state index contributed by atoms with van der Waals surface area (Å²) in [5.74, 6) is -1.20. The minimum Gasteiger partial charge on any atom is -0.466 e. The molecule has 7 nitrogen and oxygen atoms in total. The number of nitrogens with zero attached hydrogens (tertiary/aromatic N) is 1. The summed E-state index contributed by atoms with van der Waals surface area (Å²) >= 11 is 0. The van der Waals surface area contributed by atoms with Crippen molar-refractivity contribution in [2.24, 2.45) is 0 Å². The van der Waals surface area contributed by atoms with Crippen LogP contribution in [0.3, 0.4) is 0 Å². The Kier molecular flexibility index (Phi) is 6.32. The van der Waals surface area contributed by atoms with Crippen molar-refractivity contribution in [1.29, 1.82) is 0 Å². The van der Waals surface area contributed by atoms with Crippen molar-refractivity contribution in [3.8, 4) is 0 Å². The number of amides is 1. The van der Waals surface area contributed by atoms with Gasteiger partial charge >= 0.3 is 5.97 Å². The topological polar surface area (TPSA) is 98.5 Å². The molecule has 1 aromatic carbocycles. The Labute approximate surface area is 122 Å². The van der Waals surface area contributed by atoms with Gasteiger partial charge in [-0.3, -0.25) is 19.7 Å². The third kappa shape index (κ3) is 5.21. The third-order valence-electron chi connectivity index (χ3n) is 2.91. The minimum absolute atomic E-state index is 0.0568. The summed E-state index contributed by atoms with van der Waals surface area (Å²) in [7, 11) is 0. The SMILES string of the molecule is CCOC(=O)CCNC(=O)C(C)c1cccc([N+](=O)[O-])c1. The highest BCUT2D eigenvalue weighted by Gasteiger charge is 2.17. The summed E-state index contributed by atoms with van der Waals surface area (Å²) in [6.07, 6.45) is 0.0984. The highest BCUT2D eigenvalue weighted by Crippen LogP contribution is 2.20.